The number of carbonyl (C=O) groups is 5. The van der Waals surface area contributed by atoms with Crippen molar-refractivity contribution in [1.29, 1.82) is 0 Å². The molecule has 0 saturated heterocycles. The van der Waals surface area contributed by atoms with Gasteiger partial charge in [-0.15, -0.1) is 0 Å². The van der Waals surface area contributed by atoms with E-state index in [0.717, 1.165) is 29.3 Å². The number of aliphatic imine (C=N–C) groups is 1. The van der Waals surface area contributed by atoms with Crippen molar-refractivity contribution in [2.45, 2.75) is 95.6 Å². The molecule has 20 nitrogen and oxygen atoms in total. The summed E-state index contributed by atoms with van der Waals surface area (Å²) in [6.45, 7) is 5.92. The number of imidazole rings is 1. The molecule has 8 atom stereocenters. The molecule has 56 heavy (non-hydrogen) atoms. The van der Waals surface area contributed by atoms with Gasteiger partial charge in [-0.05, 0) is 49.7 Å². The Bertz CT molecular complexity index is 1880. The van der Waals surface area contributed by atoms with Gasteiger partial charge in [0, 0.05) is 43.0 Å². The smallest absolute Gasteiger partial charge is 0.371 e. The van der Waals surface area contributed by atoms with E-state index in [2.05, 4.69) is 18.8 Å². The van der Waals surface area contributed by atoms with E-state index in [0.29, 0.717) is 18.7 Å². The average molecular weight is 832 g/mol. The molecule has 3 saturated carbocycles. The number of aliphatic hydroxyl groups is 2. The summed E-state index contributed by atoms with van der Waals surface area (Å²) >= 11 is 0. The Kier molecular flexibility index (Phi) is 13.0. The normalized spacial score (nSPS) is 31.6. The number of hydrogen-bond donors (Lipinski definition) is 8. The highest BCUT2D eigenvalue weighted by atomic mass is 31.2. The van der Waals surface area contributed by atoms with Crippen LogP contribution in [0.2, 0.25) is 0 Å². The van der Waals surface area contributed by atoms with Crippen molar-refractivity contribution in [2.75, 3.05) is 6.61 Å². The molecule has 1 aromatic rings. The molecule has 6 rings (SSSR count). The van der Waals surface area contributed by atoms with Gasteiger partial charge in [0.2, 0.25) is 5.78 Å². The summed E-state index contributed by atoms with van der Waals surface area (Å²) < 4.78 is 34.0. The lowest BCUT2D eigenvalue weighted by Gasteiger charge is -2.59. The first kappa shape index (κ1) is 44.8. The molecule has 1 aromatic heterocycles. The molecule has 1 aliphatic heterocycles. The highest BCUT2D eigenvalue weighted by Crippen LogP contribution is 2.70. The Morgan fingerprint density at radius 1 is 1.07 bits per heavy atom. The molecular formula is C34H47N3O17P2. The molecule has 2 heterocycles. The van der Waals surface area contributed by atoms with Gasteiger partial charge in [-0.3, -0.25) is 33.1 Å². The van der Waals surface area contributed by atoms with Crippen LogP contribution in [0.15, 0.2) is 47.5 Å². The van der Waals surface area contributed by atoms with Crippen molar-refractivity contribution in [3.05, 3.63) is 42.5 Å². The van der Waals surface area contributed by atoms with Gasteiger partial charge in [-0.25, -0.2) is 9.98 Å². The second-order valence-electron chi connectivity index (χ2n) is 15.0. The number of aromatic nitrogens is 2. The predicted octanol–water partition coefficient (Wildman–Crippen LogP) is 1.38. The summed E-state index contributed by atoms with van der Waals surface area (Å²) in [7, 11) is -10.8. The maximum Gasteiger partial charge on any atom is 0.371 e. The SMILES string of the molecule is CC(=O)OCC(=O)[C@@]12N=C(C)O[C@@H]1C[C@H]1[C@@H]3CCC4=CC(=O)C=C[C@]4(C)[C@H]3[C@@H](O)C[C@@]12C.O=C(O)CCC(=O)O.O=P(O)(O)C(O)(Cn1ccnc1)P(=O)(O)O. The Balaban J connectivity index is 0.000000241. The Morgan fingerprint density at radius 3 is 2.20 bits per heavy atom. The molecular weight excluding hydrogens is 784 g/mol. The van der Waals surface area contributed by atoms with Gasteiger partial charge in [0.05, 0.1) is 31.8 Å². The van der Waals surface area contributed by atoms with Crippen molar-refractivity contribution < 1.29 is 82.6 Å². The number of ketones is 2. The summed E-state index contributed by atoms with van der Waals surface area (Å²) in [6.07, 6.45) is 9.92. The molecule has 3 fully saturated rings. The lowest BCUT2D eigenvalue weighted by molar-refractivity contribution is -0.155. The molecule has 22 heteroatoms. The van der Waals surface area contributed by atoms with Crippen molar-refractivity contribution in [3.8, 4) is 0 Å². The number of carbonyl (C=O) groups excluding carboxylic acids is 3. The number of aliphatic carboxylic acids is 2. The lowest BCUT2D eigenvalue weighted by Crippen LogP contribution is -2.62. The van der Waals surface area contributed by atoms with Crippen LogP contribution in [-0.4, -0.2) is 114 Å². The third-order valence-corrected chi connectivity index (χ3v) is 15.3. The fourth-order valence-corrected chi connectivity index (χ4v) is 11.2. The quantitative estimate of drug-likeness (QED) is 0.122. The standard InChI is InChI=1S/C25H31NO6.C5H10N2O7P2.C4H6O4/c1-13-26-25(20(30)12-31-14(2)27)21(32-13)10-18-17-6-5-15-9-16(28)7-8-23(15,3)22(17)19(29)11-24(18,25)4;8-5(15(9,10)11,16(12,13)14)3-7-2-1-6-4-7;5-3(6)1-2-4(7)8/h7-9,17-19,21-22,29H,5-6,10-12H2,1-4H3;1-2,4,8H,3H2,(H2,9,10,11)(H2,12,13,14);1-2H2,(H,5,6)(H,7,8)/t17-,18-,19-,21+,22+,23-,24-,25+;;/m0../s1. The van der Waals surface area contributed by atoms with Gasteiger partial charge in [0.1, 0.15) is 6.10 Å². The summed E-state index contributed by atoms with van der Waals surface area (Å²) in [6, 6.07) is 0. The fourth-order valence-electron chi connectivity index (χ4n) is 9.16. The fraction of sp³-hybridized carbons (Fsp3) is 0.618. The van der Waals surface area contributed by atoms with E-state index in [9.17, 15) is 43.3 Å². The Labute approximate surface area is 320 Å². The van der Waals surface area contributed by atoms with E-state index in [-0.39, 0.29) is 54.2 Å². The van der Waals surface area contributed by atoms with Crippen molar-refractivity contribution in [2.24, 2.45) is 33.6 Å². The molecule has 0 bridgehead atoms. The molecule has 0 radical (unpaired) electrons. The molecule has 8 N–H and O–H groups in total. The van der Waals surface area contributed by atoms with Crippen LogP contribution in [0.5, 0.6) is 0 Å². The number of ether oxygens (including phenoxy) is 2. The van der Waals surface area contributed by atoms with E-state index < -0.39 is 67.9 Å². The van der Waals surface area contributed by atoms with E-state index in [4.69, 9.17) is 44.3 Å². The minimum absolute atomic E-state index is 0.00898. The van der Waals surface area contributed by atoms with Crippen LogP contribution >= 0.6 is 15.2 Å². The van der Waals surface area contributed by atoms with Crippen molar-refractivity contribution >= 4 is 50.6 Å². The molecule has 0 amide bonds. The van der Waals surface area contributed by atoms with Gasteiger partial charge < -0.3 is 54.0 Å². The zero-order valence-electron chi connectivity index (χ0n) is 31.0. The number of esters is 1. The first-order chi connectivity index (χ1) is 25.7. The highest BCUT2D eigenvalue weighted by Gasteiger charge is 2.74. The van der Waals surface area contributed by atoms with Gasteiger partial charge in [0.15, 0.2) is 23.8 Å². The maximum absolute atomic E-state index is 13.5. The third-order valence-electron chi connectivity index (χ3n) is 11.6. The van der Waals surface area contributed by atoms with Crippen LogP contribution in [-0.2, 0) is 49.1 Å². The van der Waals surface area contributed by atoms with E-state index in [1.807, 2.05) is 6.08 Å². The van der Waals surface area contributed by atoms with Crippen LogP contribution in [0.4, 0.5) is 0 Å². The minimum atomic E-state index is -5.41. The first-order valence-electron chi connectivity index (χ1n) is 17.5. The van der Waals surface area contributed by atoms with Crippen molar-refractivity contribution in [1.82, 2.24) is 9.55 Å². The molecule has 0 spiro atoms. The number of nitrogens with zero attached hydrogens (tertiary/aromatic N) is 3. The molecule has 0 aromatic carbocycles. The van der Waals surface area contributed by atoms with Gasteiger partial charge in [-0.1, -0.05) is 25.5 Å². The van der Waals surface area contributed by atoms with Gasteiger partial charge in [0.25, 0.3) is 5.08 Å². The number of fused-ring (bicyclic) bond motifs is 7. The van der Waals surface area contributed by atoms with Gasteiger partial charge >= 0.3 is 33.1 Å². The number of rotatable bonds is 10. The Morgan fingerprint density at radius 2 is 1.68 bits per heavy atom. The van der Waals surface area contributed by atoms with E-state index in [1.165, 1.54) is 19.3 Å². The Hall–Kier alpha value is -3.87. The zero-order chi connectivity index (χ0) is 42.2. The largest absolute Gasteiger partial charge is 0.481 e. The number of aliphatic hydroxyl groups excluding tert-OH is 1. The number of carboxylic acid groups (broad SMARTS) is 2. The van der Waals surface area contributed by atoms with Crippen LogP contribution in [0.3, 0.4) is 0 Å². The number of Topliss-reactive ketones (excluding diaryl/α,β-unsaturated/α-hetero) is 1. The van der Waals surface area contributed by atoms with Crippen LogP contribution in [0.25, 0.3) is 0 Å². The summed E-state index contributed by atoms with van der Waals surface area (Å²) in [5, 5.41) is 33.4. The second-order valence-corrected chi connectivity index (χ2v) is 19.0. The number of carboxylic acids is 2. The van der Waals surface area contributed by atoms with E-state index >= 15 is 0 Å². The van der Waals surface area contributed by atoms with Crippen LogP contribution < -0.4 is 0 Å². The topological polar surface area (TPSA) is 330 Å². The zero-order valence-corrected chi connectivity index (χ0v) is 32.8. The molecule has 0 unspecified atom stereocenters. The van der Waals surface area contributed by atoms with Crippen LogP contribution in [0.1, 0.15) is 66.2 Å². The number of hydrogen-bond acceptors (Lipinski definition) is 13. The average Bonchev–Trinajstić information content (AvgIpc) is 3.76. The summed E-state index contributed by atoms with van der Waals surface area (Å²) in [5.74, 6) is -2.17. The van der Waals surface area contributed by atoms with Crippen molar-refractivity contribution in [3.63, 3.8) is 0 Å². The molecule has 310 valence electrons. The third kappa shape index (κ3) is 8.38. The molecule has 4 aliphatic carbocycles. The van der Waals surface area contributed by atoms with E-state index in [1.54, 1.807) is 19.1 Å². The number of allylic oxidation sites excluding steroid dienone is 4. The van der Waals surface area contributed by atoms with Crippen LogP contribution in [0, 0.1) is 28.6 Å². The first-order valence-corrected chi connectivity index (χ1v) is 20.7. The summed E-state index contributed by atoms with van der Waals surface area (Å²) in [5.41, 5.74) is -1.04. The second kappa shape index (κ2) is 16.2. The molecule has 5 aliphatic rings. The lowest BCUT2D eigenvalue weighted by atomic mass is 9.46. The monoisotopic (exact) mass is 831 g/mol. The predicted molar refractivity (Wildman–Crippen MR) is 192 cm³/mol. The minimum Gasteiger partial charge on any atom is -0.481 e. The highest BCUT2D eigenvalue weighted by molar-refractivity contribution is 7.72. The maximum atomic E-state index is 13.5. The summed E-state index contributed by atoms with van der Waals surface area (Å²) in [4.78, 5) is 99.7. The van der Waals surface area contributed by atoms with Gasteiger partial charge in [-0.2, -0.15) is 0 Å².